The van der Waals surface area contributed by atoms with Crippen molar-refractivity contribution >= 4 is 0 Å². The molecule has 2 atom stereocenters. The first-order valence-electron chi connectivity index (χ1n) is 5.64. The highest BCUT2D eigenvalue weighted by Gasteiger charge is 2.24. The SMILES string of the molecule is OC[C@@H]1COc2cc(OC[C@@H]3CO3)ccc2O1. The fraction of sp³-hybridized carbons (Fsp3) is 0.500. The van der Waals surface area contributed by atoms with Gasteiger partial charge in [-0.25, -0.2) is 0 Å². The lowest BCUT2D eigenvalue weighted by Crippen LogP contribution is -2.32. The van der Waals surface area contributed by atoms with Crippen LogP contribution in [0.1, 0.15) is 0 Å². The van der Waals surface area contributed by atoms with Crippen LogP contribution in [-0.2, 0) is 4.74 Å². The highest BCUT2D eigenvalue weighted by molar-refractivity contribution is 5.46. The van der Waals surface area contributed by atoms with E-state index in [1.54, 1.807) is 12.1 Å². The van der Waals surface area contributed by atoms with E-state index in [0.29, 0.717) is 24.7 Å². The van der Waals surface area contributed by atoms with E-state index in [0.717, 1.165) is 12.4 Å². The molecule has 1 saturated heterocycles. The van der Waals surface area contributed by atoms with Crippen molar-refractivity contribution in [1.29, 1.82) is 0 Å². The van der Waals surface area contributed by atoms with Crippen LogP contribution in [0.4, 0.5) is 0 Å². The Morgan fingerprint density at radius 3 is 2.88 bits per heavy atom. The molecule has 1 N–H and O–H groups in total. The molecule has 0 saturated carbocycles. The van der Waals surface area contributed by atoms with Crippen molar-refractivity contribution in [3.05, 3.63) is 18.2 Å². The average molecular weight is 238 g/mol. The van der Waals surface area contributed by atoms with Gasteiger partial charge in [-0.15, -0.1) is 0 Å². The van der Waals surface area contributed by atoms with Gasteiger partial charge in [0.25, 0.3) is 0 Å². The molecule has 0 bridgehead atoms. The summed E-state index contributed by atoms with van der Waals surface area (Å²) in [5.74, 6) is 2.04. The zero-order valence-electron chi connectivity index (χ0n) is 9.30. The molecule has 0 aromatic heterocycles. The van der Waals surface area contributed by atoms with E-state index in [9.17, 15) is 0 Å². The van der Waals surface area contributed by atoms with Gasteiger partial charge in [0.1, 0.15) is 25.1 Å². The molecule has 92 valence electrons. The van der Waals surface area contributed by atoms with Crippen molar-refractivity contribution in [3.8, 4) is 17.2 Å². The highest BCUT2D eigenvalue weighted by atomic mass is 16.6. The summed E-state index contributed by atoms with van der Waals surface area (Å²) in [5.41, 5.74) is 0. The number of ether oxygens (including phenoxy) is 4. The van der Waals surface area contributed by atoms with E-state index in [1.807, 2.05) is 6.07 Å². The summed E-state index contributed by atoms with van der Waals surface area (Å²) in [4.78, 5) is 0. The van der Waals surface area contributed by atoms with Crippen LogP contribution in [0.5, 0.6) is 17.2 Å². The minimum Gasteiger partial charge on any atom is -0.491 e. The van der Waals surface area contributed by atoms with Crippen molar-refractivity contribution in [3.63, 3.8) is 0 Å². The largest absolute Gasteiger partial charge is 0.491 e. The van der Waals surface area contributed by atoms with Gasteiger partial charge in [-0.1, -0.05) is 0 Å². The molecule has 0 unspecified atom stereocenters. The Balaban J connectivity index is 1.68. The smallest absolute Gasteiger partial charge is 0.165 e. The lowest BCUT2D eigenvalue weighted by Gasteiger charge is -2.25. The maximum absolute atomic E-state index is 8.98. The number of aliphatic hydroxyl groups excluding tert-OH is 1. The Bertz CT molecular complexity index is 402. The van der Waals surface area contributed by atoms with Crippen LogP contribution in [0.15, 0.2) is 18.2 Å². The monoisotopic (exact) mass is 238 g/mol. The molecule has 0 aliphatic carbocycles. The first kappa shape index (κ1) is 10.7. The van der Waals surface area contributed by atoms with E-state index in [4.69, 9.17) is 24.1 Å². The third-order valence-electron chi connectivity index (χ3n) is 2.68. The first-order chi connectivity index (χ1) is 8.35. The second kappa shape index (κ2) is 4.43. The van der Waals surface area contributed by atoms with Gasteiger partial charge in [0.05, 0.1) is 13.2 Å². The summed E-state index contributed by atoms with van der Waals surface area (Å²) in [7, 11) is 0. The molecule has 2 aliphatic rings. The van der Waals surface area contributed by atoms with Crippen LogP contribution in [0.25, 0.3) is 0 Å². The second-order valence-electron chi connectivity index (χ2n) is 4.11. The molecule has 0 amide bonds. The second-order valence-corrected chi connectivity index (χ2v) is 4.11. The van der Waals surface area contributed by atoms with Crippen molar-refractivity contribution in [2.75, 3.05) is 26.4 Å². The van der Waals surface area contributed by atoms with Gasteiger partial charge in [0.2, 0.25) is 0 Å². The van der Waals surface area contributed by atoms with E-state index in [1.165, 1.54) is 0 Å². The zero-order valence-corrected chi connectivity index (χ0v) is 9.30. The van der Waals surface area contributed by atoms with E-state index < -0.39 is 0 Å². The maximum atomic E-state index is 8.98. The van der Waals surface area contributed by atoms with E-state index in [2.05, 4.69) is 0 Å². The Kier molecular flexibility index (Phi) is 2.78. The molecule has 1 aromatic rings. The summed E-state index contributed by atoms with van der Waals surface area (Å²) >= 11 is 0. The molecule has 2 heterocycles. The quantitative estimate of drug-likeness (QED) is 0.778. The third kappa shape index (κ3) is 2.45. The number of hydrogen-bond donors (Lipinski definition) is 1. The predicted molar refractivity (Wildman–Crippen MR) is 58.7 cm³/mol. The summed E-state index contributed by atoms with van der Waals surface area (Å²) in [6, 6.07) is 5.41. The first-order valence-corrected chi connectivity index (χ1v) is 5.64. The molecule has 3 rings (SSSR count). The number of benzene rings is 1. The summed E-state index contributed by atoms with van der Waals surface area (Å²) in [5, 5.41) is 8.98. The fourth-order valence-electron chi connectivity index (χ4n) is 1.63. The molecule has 5 nitrogen and oxygen atoms in total. The van der Waals surface area contributed by atoms with Gasteiger partial charge in [0.15, 0.2) is 17.6 Å². The van der Waals surface area contributed by atoms with Gasteiger partial charge >= 0.3 is 0 Å². The minimum absolute atomic E-state index is 0.0449. The maximum Gasteiger partial charge on any atom is 0.165 e. The van der Waals surface area contributed by atoms with Gasteiger partial charge in [-0.3, -0.25) is 0 Å². The number of fused-ring (bicyclic) bond motifs is 1. The van der Waals surface area contributed by atoms with Crippen molar-refractivity contribution in [2.45, 2.75) is 12.2 Å². The van der Waals surface area contributed by atoms with Crippen LogP contribution < -0.4 is 14.2 Å². The number of epoxide rings is 1. The van der Waals surface area contributed by atoms with Crippen LogP contribution in [0, 0.1) is 0 Å². The van der Waals surface area contributed by atoms with Crippen LogP contribution in [-0.4, -0.2) is 43.7 Å². The molecule has 0 spiro atoms. The van der Waals surface area contributed by atoms with Crippen molar-refractivity contribution in [2.24, 2.45) is 0 Å². The topological polar surface area (TPSA) is 60.5 Å². The predicted octanol–water partition coefficient (Wildman–Crippen LogP) is 0.596. The molecule has 2 aliphatic heterocycles. The third-order valence-corrected chi connectivity index (χ3v) is 2.68. The number of aliphatic hydroxyl groups is 1. The van der Waals surface area contributed by atoms with Crippen LogP contribution in [0.3, 0.4) is 0 Å². The van der Waals surface area contributed by atoms with Crippen LogP contribution >= 0.6 is 0 Å². The van der Waals surface area contributed by atoms with Crippen molar-refractivity contribution < 1.29 is 24.1 Å². The van der Waals surface area contributed by atoms with Gasteiger partial charge in [-0.2, -0.15) is 0 Å². The summed E-state index contributed by atoms with van der Waals surface area (Å²) in [6.45, 7) is 1.66. The zero-order chi connectivity index (χ0) is 11.7. The molecule has 5 heteroatoms. The molecule has 1 fully saturated rings. The fourth-order valence-corrected chi connectivity index (χ4v) is 1.63. The average Bonchev–Trinajstić information content (AvgIpc) is 3.19. The lowest BCUT2D eigenvalue weighted by atomic mass is 10.2. The molecular formula is C12H14O5. The Morgan fingerprint density at radius 1 is 1.24 bits per heavy atom. The molecular weight excluding hydrogens is 224 g/mol. The summed E-state index contributed by atoms with van der Waals surface area (Å²) < 4.78 is 21.6. The van der Waals surface area contributed by atoms with Crippen LogP contribution in [0.2, 0.25) is 0 Å². The standard InChI is InChI=1S/C12H14O5/c13-4-9-5-16-12-3-8(1-2-11(12)17-9)14-6-10-7-15-10/h1-3,9-10,13H,4-7H2/t9-,10-/m1/s1. The molecule has 1 aromatic carbocycles. The van der Waals surface area contributed by atoms with E-state index in [-0.39, 0.29) is 18.8 Å². The number of hydrogen-bond acceptors (Lipinski definition) is 5. The Morgan fingerprint density at radius 2 is 2.12 bits per heavy atom. The molecule has 17 heavy (non-hydrogen) atoms. The Labute approximate surface area is 98.9 Å². The molecule has 0 radical (unpaired) electrons. The number of rotatable bonds is 4. The van der Waals surface area contributed by atoms with Gasteiger partial charge in [0, 0.05) is 6.07 Å². The summed E-state index contributed by atoms with van der Waals surface area (Å²) in [6.07, 6.45) is -0.0453. The normalized spacial score (nSPS) is 25.5. The van der Waals surface area contributed by atoms with E-state index >= 15 is 0 Å². The van der Waals surface area contributed by atoms with Gasteiger partial charge in [-0.05, 0) is 12.1 Å². The van der Waals surface area contributed by atoms with Crippen molar-refractivity contribution in [1.82, 2.24) is 0 Å². The highest BCUT2D eigenvalue weighted by Crippen LogP contribution is 2.35. The van der Waals surface area contributed by atoms with Gasteiger partial charge < -0.3 is 24.1 Å². The minimum atomic E-state index is -0.283. The Hall–Kier alpha value is -1.46. The lowest BCUT2D eigenvalue weighted by molar-refractivity contribution is 0.0453.